The lowest BCUT2D eigenvalue weighted by Gasteiger charge is -2.45. The maximum absolute atomic E-state index is 9.97. The number of piperidine rings is 1. The van der Waals surface area contributed by atoms with Crippen molar-refractivity contribution in [2.75, 3.05) is 6.54 Å². The van der Waals surface area contributed by atoms with Crippen molar-refractivity contribution in [2.24, 2.45) is 0 Å². The minimum Gasteiger partial charge on any atom is -0.388 e. The first kappa shape index (κ1) is 7.56. The highest BCUT2D eigenvalue weighted by molar-refractivity contribution is 4.98. The summed E-state index contributed by atoms with van der Waals surface area (Å²) in [5, 5.41) is 13.4. The van der Waals surface area contributed by atoms with Crippen LogP contribution in [0.15, 0.2) is 0 Å². The summed E-state index contributed by atoms with van der Waals surface area (Å²) >= 11 is 0. The Balaban J connectivity index is 1.91. The Morgan fingerprint density at radius 2 is 2.00 bits per heavy atom. The molecule has 0 amide bonds. The van der Waals surface area contributed by atoms with Crippen molar-refractivity contribution in [2.45, 2.75) is 50.2 Å². The molecule has 0 radical (unpaired) electrons. The van der Waals surface area contributed by atoms with Gasteiger partial charge in [0.15, 0.2) is 0 Å². The van der Waals surface area contributed by atoms with Crippen LogP contribution < -0.4 is 5.32 Å². The maximum Gasteiger partial charge on any atom is 0.0800 e. The summed E-state index contributed by atoms with van der Waals surface area (Å²) in [6.45, 7) is 1.10. The van der Waals surface area contributed by atoms with Crippen LogP contribution in [0, 0.1) is 0 Å². The summed E-state index contributed by atoms with van der Waals surface area (Å²) in [5.74, 6) is 0. The molecule has 0 aromatic carbocycles. The molecule has 0 spiro atoms. The molecule has 2 heteroatoms. The topological polar surface area (TPSA) is 32.3 Å². The van der Waals surface area contributed by atoms with Crippen LogP contribution in [-0.4, -0.2) is 23.3 Å². The van der Waals surface area contributed by atoms with Gasteiger partial charge in [-0.2, -0.15) is 0 Å². The fourth-order valence-corrected chi connectivity index (χ4v) is 2.20. The van der Waals surface area contributed by atoms with Crippen LogP contribution >= 0.6 is 0 Å². The van der Waals surface area contributed by atoms with Crippen LogP contribution in [-0.2, 0) is 0 Å². The highest BCUT2D eigenvalue weighted by Crippen LogP contribution is 2.37. The number of aliphatic hydroxyl groups is 1. The van der Waals surface area contributed by atoms with Crippen LogP contribution in [0.2, 0.25) is 0 Å². The Bertz CT molecular complexity index is 136. The summed E-state index contributed by atoms with van der Waals surface area (Å²) < 4.78 is 0. The van der Waals surface area contributed by atoms with E-state index in [1.54, 1.807) is 0 Å². The Morgan fingerprint density at radius 3 is 2.45 bits per heavy atom. The monoisotopic (exact) mass is 155 g/mol. The lowest BCUT2D eigenvalue weighted by molar-refractivity contribution is -0.0709. The van der Waals surface area contributed by atoms with Gasteiger partial charge in [0, 0.05) is 6.04 Å². The van der Waals surface area contributed by atoms with Crippen LogP contribution in [0.3, 0.4) is 0 Å². The SMILES string of the molecule is OC1(C2CCCCN2)CCC1. The van der Waals surface area contributed by atoms with Gasteiger partial charge in [-0.25, -0.2) is 0 Å². The van der Waals surface area contributed by atoms with E-state index in [0.29, 0.717) is 6.04 Å². The zero-order valence-electron chi connectivity index (χ0n) is 6.97. The van der Waals surface area contributed by atoms with Gasteiger partial charge in [-0.1, -0.05) is 6.42 Å². The zero-order valence-corrected chi connectivity index (χ0v) is 6.97. The molecule has 1 saturated carbocycles. The fraction of sp³-hybridized carbons (Fsp3) is 1.00. The van der Waals surface area contributed by atoms with Crippen LogP contribution in [0.1, 0.15) is 38.5 Å². The van der Waals surface area contributed by atoms with E-state index >= 15 is 0 Å². The Morgan fingerprint density at radius 1 is 1.18 bits per heavy atom. The van der Waals surface area contributed by atoms with Crippen molar-refractivity contribution in [3.05, 3.63) is 0 Å². The first-order valence-electron chi connectivity index (χ1n) is 4.77. The van der Waals surface area contributed by atoms with Crippen LogP contribution in [0.5, 0.6) is 0 Å². The molecule has 1 atom stereocenters. The van der Waals surface area contributed by atoms with Gasteiger partial charge in [0.1, 0.15) is 0 Å². The first-order valence-corrected chi connectivity index (χ1v) is 4.77. The number of nitrogens with one attached hydrogen (secondary N) is 1. The molecule has 1 aliphatic heterocycles. The zero-order chi connectivity index (χ0) is 7.73. The molecule has 64 valence electrons. The van der Waals surface area contributed by atoms with Gasteiger partial charge < -0.3 is 10.4 Å². The standard InChI is InChI=1S/C9H17NO/c11-9(5-3-6-9)8-4-1-2-7-10-8/h8,10-11H,1-7H2. The second-order valence-corrected chi connectivity index (χ2v) is 3.96. The average molecular weight is 155 g/mol. The summed E-state index contributed by atoms with van der Waals surface area (Å²) in [6.07, 6.45) is 7.01. The quantitative estimate of drug-likeness (QED) is 0.593. The molecule has 0 bridgehead atoms. The van der Waals surface area contributed by atoms with Gasteiger partial charge in [0.2, 0.25) is 0 Å². The minimum atomic E-state index is -0.319. The smallest absolute Gasteiger partial charge is 0.0800 e. The predicted molar refractivity (Wildman–Crippen MR) is 44.4 cm³/mol. The van der Waals surface area contributed by atoms with Gasteiger partial charge in [-0.05, 0) is 38.6 Å². The fourth-order valence-electron chi connectivity index (χ4n) is 2.20. The van der Waals surface area contributed by atoms with E-state index in [0.717, 1.165) is 19.4 Å². The van der Waals surface area contributed by atoms with Crippen molar-refractivity contribution in [1.29, 1.82) is 0 Å². The van der Waals surface area contributed by atoms with E-state index in [1.807, 2.05) is 0 Å². The van der Waals surface area contributed by atoms with Crippen molar-refractivity contribution < 1.29 is 5.11 Å². The van der Waals surface area contributed by atoms with Crippen molar-refractivity contribution in [1.82, 2.24) is 5.32 Å². The molecule has 1 unspecified atom stereocenters. The minimum absolute atomic E-state index is 0.319. The van der Waals surface area contributed by atoms with Crippen LogP contribution in [0.4, 0.5) is 0 Å². The molecule has 2 nitrogen and oxygen atoms in total. The molecule has 11 heavy (non-hydrogen) atoms. The normalized spacial score (nSPS) is 36.3. The Hall–Kier alpha value is -0.0800. The van der Waals surface area contributed by atoms with Crippen molar-refractivity contribution >= 4 is 0 Å². The van der Waals surface area contributed by atoms with Gasteiger partial charge >= 0.3 is 0 Å². The van der Waals surface area contributed by atoms with E-state index in [-0.39, 0.29) is 5.60 Å². The largest absolute Gasteiger partial charge is 0.388 e. The van der Waals surface area contributed by atoms with Gasteiger partial charge in [0.25, 0.3) is 0 Å². The highest BCUT2D eigenvalue weighted by atomic mass is 16.3. The number of hydrogen-bond acceptors (Lipinski definition) is 2. The van der Waals surface area contributed by atoms with Crippen molar-refractivity contribution in [3.63, 3.8) is 0 Å². The number of rotatable bonds is 1. The molecule has 2 N–H and O–H groups in total. The molecule has 0 aromatic rings. The Kier molecular flexibility index (Phi) is 1.90. The van der Waals surface area contributed by atoms with E-state index in [9.17, 15) is 5.11 Å². The molecule has 1 heterocycles. The van der Waals surface area contributed by atoms with Crippen molar-refractivity contribution in [3.8, 4) is 0 Å². The maximum atomic E-state index is 9.97. The van der Waals surface area contributed by atoms with Gasteiger partial charge in [-0.15, -0.1) is 0 Å². The molecular weight excluding hydrogens is 138 g/mol. The van der Waals surface area contributed by atoms with Gasteiger partial charge in [0.05, 0.1) is 5.60 Å². The van der Waals surface area contributed by atoms with E-state index in [2.05, 4.69) is 5.32 Å². The molecule has 0 aromatic heterocycles. The molecule has 1 aliphatic carbocycles. The molecular formula is C9H17NO. The van der Waals surface area contributed by atoms with E-state index in [1.165, 1.54) is 25.7 Å². The molecule has 2 fully saturated rings. The van der Waals surface area contributed by atoms with Gasteiger partial charge in [-0.3, -0.25) is 0 Å². The molecule has 2 rings (SSSR count). The highest BCUT2D eigenvalue weighted by Gasteiger charge is 2.42. The van der Waals surface area contributed by atoms with Crippen LogP contribution in [0.25, 0.3) is 0 Å². The Labute approximate surface area is 68.0 Å². The summed E-state index contributed by atoms with van der Waals surface area (Å²) in [7, 11) is 0. The summed E-state index contributed by atoms with van der Waals surface area (Å²) in [4.78, 5) is 0. The number of hydrogen-bond donors (Lipinski definition) is 2. The van der Waals surface area contributed by atoms with E-state index < -0.39 is 0 Å². The third kappa shape index (κ3) is 1.30. The second-order valence-electron chi connectivity index (χ2n) is 3.96. The summed E-state index contributed by atoms with van der Waals surface area (Å²) in [5.41, 5.74) is -0.319. The average Bonchev–Trinajstić information content (AvgIpc) is 2.02. The van der Waals surface area contributed by atoms with E-state index in [4.69, 9.17) is 0 Å². The molecule has 2 aliphatic rings. The second kappa shape index (κ2) is 2.76. The lowest BCUT2D eigenvalue weighted by atomic mass is 9.72. The summed E-state index contributed by atoms with van der Waals surface area (Å²) in [6, 6.07) is 0.407. The third-order valence-electron chi connectivity index (χ3n) is 3.18. The molecule has 1 saturated heterocycles. The predicted octanol–water partition coefficient (Wildman–Crippen LogP) is 1.04. The first-order chi connectivity index (χ1) is 5.31. The third-order valence-corrected chi connectivity index (χ3v) is 3.18. The lowest BCUT2D eigenvalue weighted by Crippen LogP contribution is -2.56.